The van der Waals surface area contributed by atoms with Crippen molar-refractivity contribution < 1.29 is 5.11 Å². The first kappa shape index (κ1) is 24.4. The van der Waals surface area contributed by atoms with Crippen LogP contribution in [0.15, 0.2) is 72.1 Å². The van der Waals surface area contributed by atoms with Crippen molar-refractivity contribution in [1.29, 1.82) is 0 Å². The number of allylic oxidation sites excluding steroid dienone is 2. The Hall–Kier alpha value is -2.23. The topological polar surface area (TPSA) is 35.5 Å². The van der Waals surface area contributed by atoms with E-state index in [0.29, 0.717) is 5.75 Å². The van der Waals surface area contributed by atoms with Crippen LogP contribution in [-0.4, -0.2) is 29.6 Å². The van der Waals surface area contributed by atoms with Crippen molar-refractivity contribution in [1.82, 2.24) is 10.2 Å². The first-order valence-corrected chi connectivity index (χ1v) is 12.2. The average Bonchev–Trinajstić information content (AvgIpc) is 3.25. The summed E-state index contributed by atoms with van der Waals surface area (Å²) in [6.07, 6.45) is 8.97. The fourth-order valence-electron chi connectivity index (χ4n) is 4.31. The highest BCUT2D eigenvalue weighted by Crippen LogP contribution is 2.31. The zero-order chi connectivity index (χ0) is 22.9. The van der Waals surface area contributed by atoms with Gasteiger partial charge in [-0.3, -0.25) is 0 Å². The summed E-state index contributed by atoms with van der Waals surface area (Å²) >= 11 is 6.13. The number of aromatic hydroxyl groups is 1. The van der Waals surface area contributed by atoms with Gasteiger partial charge in [-0.1, -0.05) is 53.9 Å². The molecule has 2 N–H and O–H groups in total. The molecule has 0 amide bonds. The van der Waals surface area contributed by atoms with E-state index in [1.807, 2.05) is 24.3 Å². The third-order valence-electron chi connectivity index (χ3n) is 6.54. The molecule has 0 aromatic heterocycles. The molecule has 0 aliphatic carbocycles. The van der Waals surface area contributed by atoms with Crippen molar-refractivity contribution in [2.24, 2.45) is 5.92 Å². The molecule has 1 heterocycles. The summed E-state index contributed by atoms with van der Waals surface area (Å²) in [6.45, 7) is 9.83. The van der Waals surface area contributed by atoms with Crippen molar-refractivity contribution >= 4 is 11.6 Å². The Labute approximate surface area is 198 Å². The first-order chi connectivity index (χ1) is 15.4. The molecule has 3 rings (SSSR count). The first-order valence-electron chi connectivity index (χ1n) is 11.8. The molecular weight excluding hydrogens is 416 g/mol. The summed E-state index contributed by atoms with van der Waals surface area (Å²) in [6, 6.07) is 15.8. The molecular formula is C28H37ClN2O. The fourth-order valence-corrected chi connectivity index (χ4v) is 4.44. The Bertz CT molecular complexity index is 857. The summed E-state index contributed by atoms with van der Waals surface area (Å²) in [5.74, 6) is 1.33. The maximum atomic E-state index is 9.72. The van der Waals surface area contributed by atoms with Gasteiger partial charge in [-0.2, -0.15) is 0 Å². The van der Waals surface area contributed by atoms with Gasteiger partial charge >= 0.3 is 0 Å². The number of phenolic OH excluding ortho intramolecular Hbond substituents is 1. The normalized spacial score (nSPS) is 18.7. The van der Waals surface area contributed by atoms with Crippen molar-refractivity contribution in [2.75, 3.05) is 19.6 Å². The molecule has 172 valence electrons. The number of hydrogen-bond donors (Lipinski definition) is 2. The lowest BCUT2D eigenvalue weighted by molar-refractivity contribution is 0.310. The predicted octanol–water partition coefficient (Wildman–Crippen LogP) is 7.09. The van der Waals surface area contributed by atoms with E-state index in [0.717, 1.165) is 43.4 Å². The molecule has 0 saturated carbocycles. The van der Waals surface area contributed by atoms with Gasteiger partial charge in [0.05, 0.1) is 0 Å². The number of hydrogen-bond acceptors (Lipinski definition) is 3. The number of likely N-dealkylation sites (tertiary alicyclic amines) is 1. The molecule has 2 atom stereocenters. The Balaban J connectivity index is 1.58. The van der Waals surface area contributed by atoms with Gasteiger partial charge < -0.3 is 15.3 Å². The molecule has 1 saturated heterocycles. The third kappa shape index (κ3) is 7.43. The summed E-state index contributed by atoms with van der Waals surface area (Å²) in [5, 5.41) is 13.8. The smallest absolute Gasteiger partial charge is 0.115 e. The third-order valence-corrected chi connectivity index (χ3v) is 6.79. The summed E-state index contributed by atoms with van der Waals surface area (Å²) in [4.78, 5) is 2.60. The second-order valence-electron chi connectivity index (χ2n) is 9.15. The average molecular weight is 453 g/mol. The minimum atomic E-state index is 0.269. The Morgan fingerprint density at radius 2 is 1.69 bits per heavy atom. The minimum absolute atomic E-state index is 0.269. The van der Waals surface area contributed by atoms with E-state index in [1.165, 1.54) is 35.1 Å². The monoisotopic (exact) mass is 452 g/mol. The summed E-state index contributed by atoms with van der Waals surface area (Å²) in [7, 11) is 0. The minimum Gasteiger partial charge on any atom is -0.508 e. The van der Waals surface area contributed by atoms with E-state index in [1.54, 1.807) is 12.1 Å². The number of benzene rings is 2. The maximum absolute atomic E-state index is 9.72. The highest BCUT2D eigenvalue weighted by atomic mass is 35.5. The van der Waals surface area contributed by atoms with Crippen LogP contribution in [0.25, 0.3) is 0 Å². The van der Waals surface area contributed by atoms with Gasteiger partial charge in [-0.05, 0) is 99.8 Å². The molecule has 4 heteroatoms. The molecule has 1 aliphatic rings. The SMILES string of the molecule is CC/C(C)=C/N/C=C(\C)CCC1CCN(CC(c2ccc(O)cc2)c2ccc(Cl)cc2)C1. The molecule has 3 nitrogen and oxygen atoms in total. The van der Waals surface area contributed by atoms with Crippen LogP contribution < -0.4 is 5.32 Å². The van der Waals surface area contributed by atoms with Crippen molar-refractivity contribution in [2.45, 2.75) is 52.4 Å². The van der Waals surface area contributed by atoms with Crippen LogP contribution in [0.5, 0.6) is 5.75 Å². The van der Waals surface area contributed by atoms with Gasteiger partial charge in [0.15, 0.2) is 0 Å². The largest absolute Gasteiger partial charge is 0.508 e. The second kappa shape index (κ2) is 12.1. The van der Waals surface area contributed by atoms with E-state index in [4.69, 9.17) is 11.6 Å². The van der Waals surface area contributed by atoms with Crippen LogP contribution in [0.1, 0.15) is 63.5 Å². The summed E-state index contributed by atoms with van der Waals surface area (Å²) < 4.78 is 0. The van der Waals surface area contributed by atoms with E-state index < -0.39 is 0 Å². The van der Waals surface area contributed by atoms with Gasteiger partial charge in [0.2, 0.25) is 0 Å². The van der Waals surface area contributed by atoms with Crippen LogP contribution in [0.4, 0.5) is 0 Å². The molecule has 2 aromatic rings. The Kier molecular flexibility index (Phi) is 9.25. The number of nitrogens with one attached hydrogen (secondary N) is 1. The van der Waals surface area contributed by atoms with E-state index in [-0.39, 0.29) is 5.92 Å². The number of phenols is 1. The highest BCUT2D eigenvalue weighted by molar-refractivity contribution is 6.30. The molecule has 1 aliphatic heterocycles. The molecule has 2 aromatic carbocycles. The number of nitrogens with zero attached hydrogens (tertiary/aromatic N) is 1. The lowest BCUT2D eigenvalue weighted by Crippen LogP contribution is -2.27. The van der Waals surface area contributed by atoms with Crippen LogP contribution in [-0.2, 0) is 0 Å². The second-order valence-corrected chi connectivity index (χ2v) is 9.59. The fraction of sp³-hybridized carbons (Fsp3) is 0.429. The maximum Gasteiger partial charge on any atom is 0.115 e. The van der Waals surface area contributed by atoms with Gasteiger partial charge in [-0.25, -0.2) is 0 Å². The predicted molar refractivity (Wildman–Crippen MR) is 136 cm³/mol. The molecule has 2 unspecified atom stereocenters. The van der Waals surface area contributed by atoms with Gasteiger partial charge in [0, 0.05) is 24.0 Å². The Morgan fingerprint density at radius 1 is 1.06 bits per heavy atom. The van der Waals surface area contributed by atoms with Crippen LogP contribution in [0.2, 0.25) is 5.02 Å². The molecule has 0 radical (unpaired) electrons. The van der Waals surface area contributed by atoms with E-state index in [2.05, 4.69) is 55.5 Å². The van der Waals surface area contributed by atoms with Gasteiger partial charge in [0.25, 0.3) is 0 Å². The van der Waals surface area contributed by atoms with Crippen LogP contribution >= 0.6 is 11.6 Å². The zero-order valence-corrected chi connectivity index (χ0v) is 20.4. The number of rotatable bonds is 10. The van der Waals surface area contributed by atoms with Crippen molar-refractivity contribution in [3.05, 3.63) is 88.2 Å². The van der Waals surface area contributed by atoms with Gasteiger partial charge in [-0.15, -0.1) is 0 Å². The van der Waals surface area contributed by atoms with Gasteiger partial charge in [0.1, 0.15) is 5.75 Å². The molecule has 0 spiro atoms. The van der Waals surface area contributed by atoms with Crippen molar-refractivity contribution in [3.8, 4) is 5.75 Å². The van der Waals surface area contributed by atoms with Crippen molar-refractivity contribution in [3.63, 3.8) is 0 Å². The van der Waals surface area contributed by atoms with E-state index >= 15 is 0 Å². The molecule has 1 fully saturated rings. The Morgan fingerprint density at radius 3 is 2.34 bits per heavy atom. The molecule has 0 bridgehead atoms. The molecule has 32 heavy (non-hydrogen) atoms. The summed E-state index contributed by atoms with van der Waals surface area (Å²) in [5.41, 5.74) is 5.27. The zero-order valence-electron chi connectivity index (χ0n) is 19.7. The number of halogens is 1. The van der Waals surface area contributed by atoms with Crippen LogP contribution in [0.3, 0.4) is 0 Å². The standard InChI is InChI=1S/C28H37ClN2O/c1-4-21(2)17-30-18-22(3)5-6-23-15-16-31(19-23)20-28(24-7-11-26(29)12-8-24)25-9-13-27(32)14-10-25/h7-14,17-18,23,28,30,32H,4-6,15-16,19-20H2,1-3H3/b21-17+,22-18+. The lowest BCUT2D eigenvalue weighted by Gasteiger charge is -2.25. The lowest BCUT2D eigenvalue weighted by atomic mass is 9.90. The van der Waals surface area contributed by atoms with Crippen LogP contribution in [0, 0.1) is 5.92 Å². The highest BCUT2D eigenvalue weighted by Gasteiger charge is 2.26. The quantitative estimate of drug-likeness (QED) is 0.404. The van der Waals surface area contributed by atoms with E-state index in [9.17, 15) is 5.11 Å².